The van der Waals surface area contributed by atoms with E-state index in [4.69, 9.17) is 0 Å². The molecule has 2 aliphatic rings. The lowest BCUT2D eigenvalue weighted by molar-refractivity contribution is -0.125. The van der Waals surface area contributed by atoms with Crippen molar-refractivity contribution in [3.05, 3.63) is 29.8 Å². The molecule has 1 spiro atoms. The highest BCUT2D eigenvalue weighted by Gasteiger charge is 2.54. The van der Waals surface area contributed by atoms with Crippen molar-refractivity contribution in [2.45, 2.75) is 49.5 Å². The molecule has 1 saturated carbocycles. The first kappa shape index (κ1) is 17.9. The highest BCUT2D eigenvalue weighted by atomic mass is 32.2. The van der Waals surface area contributed by atoms with Crippen LogP contribution in [0.5, 0.6) is 0 Å². The molecule has 136 valence electrons. The maximum absolute atomic E-state index is 12.5. The maximum Gasteiger partial charge on any atom is 0.322 e. The van der Waals surface area contributed by atoms with Gasteiger partial charge in [0.2, 0.25) is 10.0 Å². The van der Waals surface area contributed by atoms with E-state index in [9.17, 15) is 18.0 Å². The van der Waals surface area contributed by atoms with Crippen molar-refractivity contribution in [1.82, 2.24) is 15.4 Å². The number of sulfonamides is 1. The molecule has 1 aromatic carbocycles. The molecule has 0 bridgehead atoms. The predicted molar refractivity (Wildman–Crippen MR) is 92.5 cm³/mol. The molecule has 2 atom stereocenters. The Kier molecular flexibility index (Phi) is 4.59. The molecule has 0 unspecified atom stereocenters. The zero-order valence-electron chi connectivity index (χ0n) is 14.3. The fraction of sp³-hybridized carbons (Fsp3) is 0.529. The van der Waals surface area contributed by atoms with E-state index in [0.717, 1.165) is 12.0 Å². The summed E-state index contributed by atoms with van der Waals surface area (Å²) in [4.78, 5) is 23.8. The second-order valence-corrected chi connectivity index (χ2v) is 8.81. The monoisotopic (exact) mass is 365 g/mol. The summed E-state index contributed by atoms with van der Waals surface area (Å²) in [7, 11) is -3.66. The van der Waals surface area contributed by atoms with Gasteiger partial charge in [-0.1, -0.05) is 32.4 Å². The number of urea groups is 1. The minimum atomic E-state index is -3.66. The van der Waals surface area contributed by atoms with Gasteiger partial charge in [0.05, 0.1) is 4.90 Å². The normalized spacial score (nSPS) is 26.3. The Morgan fingerprint density at radius 2 is 1.92 bits per heavy atom. The van der Waals surface area contributed by atoms with Crippen molar-refractivity contribution in [2.75, 3.05) is 6.54 Å². The van der Waals surface area contributed by atoms with E-state index in [2.05, 4.69) is 15.4 Å². The van der Waals surface area contributed by atoms with Crippen LogP contribution in [0.2, 0.25) is 0 Å². The molecular formula is C17H23N3O4S. The average Bonchev–Trinajstić information content (AvgIpc) is 3.09. The lowest BCUT2D eigenvalue weighted by atomic mass is 9.87. The van der Waals surface area contributed by atoms with Crippen LogP contribution in [0.1, 0.15) is 44.6 Å². The third-order valence-corrected chi connectivity index (χ3v) is 6.61. The quantitative estimate of drug-likeness (QED) is 0.687. The van der Waals surface area contributed by atoms with Crippen LogP contribution in [0, 0.1) is 5.92 Å². The average molecular weight is 365 g/mol. The van der Waals surface area contributed by atoms with Crippen LogP contribution in [-0.4, -0.2) is 32.4 Å². The Balaban J connectivity index is 1.72. The second-order valence-electron chi connectivity index (χ2n) is 7.04. The summed E-state index contributed by atoms with van der Waals surface area (Å²) in [5, 5.41) is 4.95. The highest BCUT2D eigenvalue weighted by molar-refractivity contribution is 7.89. The Hall–Kier alpha value is -1.93. The second kappa shape index (κ2) is 6.42. The lowest BCUT2D eigenvalue weighted by Crippen LogP contribution is -2.53. The van der Waals surface area contributed by atoms with E-state index in [1.807, 2.05) is 13.8 Å². The number of hydrogen-bond acceptors (Lipinski definition) is 4. The van der Waals surface area contributed by atoms with Crippen LogP contribution in [0.25, 0.3) is 0 Å². The number of amides is 3. The summed E-state index contributed by atoms with van der Waals surface area (Å²) in [6.07, 6.45) is 1.98. The van der Waals surface area contributed by atoms with Crippen LogP contribution in [-0.2, 0) is 14.8 Å². The van der Waals surface area contributed by atoms with Gasteiger partial charge in [-0.15, -0.1) is 0 Å². The van der Waals surface area contributed by atoms with Crippen LogP contribution >= 0.6 is 0 Å². The largest absolute Gasteiger partial charge is 0.323 e. The molecule has 3 rings (SSSR count). The molecule has 0 radical (unpaired) electrons. The molecule has 25 heavy (non-hydrogen) atoms. The van der Waals surface area contributed by atoms with Crippen molar-refractivity contribution < 1.29 is 18.0 Å². The first-order valence-electron chi connectivity index (χ1n) is 8.48. The number of nitrogens with one attached hydrogen (secondary N) is 3. The minimum Gasteiger partial charge on any atom is -0.323 e. The van der Waals surface area contributed by atoms with Crippen LogP contribution in [0.4, 0.5) is 4.79 Å². The van der Waals surface area contributed by atoms with Gasteiger partial charge in [0.25, 0.3) is 5.91 Å². The Bertz CT molecular complexity index is 789. The van der Waals surface area contributed by atoms with E-state index < -0.39 is 21.6 Å². The van der Waals surface area contributed by atoms with Crippen molar-refractivity contribution in [2.24, 2.45) is 5.92 Å². The van der Waals surface area contributed by atoms with E-state index >= 15 is 0 Å². The summed E-state index contributed by atoms with van der Waals surface area (Å²) in [6.45, 7) is 4.20. The number of carbonyl (C=O) groups excluding carboxylic acids is 2. The van der Waals surface area contributed by atoms with Gasteiger partial charge >= 0.3 is 6.03 Å². The summed E-state index contributed by atoms with van der Waals surface area (Å²) < 4.78 is 27.6. The molecule has 3 amide bonds. The Morgan fingerprint density at radius 3 is 2.48 bits per heavy atom. The fourth-order valence-electron chi connectivity index (χ4n) is 3.65. The van der Waals surface area contributed by atoms with E-state index in [1.54, 1.807) is 24.3 Å². The molecule has 1 heterocycles. The van der Waals surface area contributed by atoms with Gasteiger partial charge in [-0.2, -0.15) is 0 Å². The van der Waals surface area contributed by atoms with E-state index in [1.165, 1.54) is 0 Å². The number of carbonyl (C=O) groups is 2. The maximum atomic E-state index is 12.5. The molecule has 1 saturated heterocycles. The van der Waals surface area contributed by atoms with Crippen molar-refractivity contribution >= 4 is 22.0 Å². The molecule has 2 fully saturated rings. The number of benzene rings is 1. The van der Waals surface area contributed by atoms with Gasteiger partial charge in [0.1, 0.15) is 5.54 Å². The third-order valence-electron chi connectivity index (χ3n) is 5.17. The zero-order valence-corrected chi connectivity index (χ0v) is 15.2. The Labute approximate surface area is 147 Å². The number of rotatable bonds is 5. The van der Waals surface area contributed by atoms with Gasteiger partial charge < -0.3 is 5.32 Å². The fourth-order valence-corrected chi connectivity index (χ4v) is 4.73. The molecule has 1 aliphatic heterocycles. The van der Waals surface area contributed by atoms with Crippen LogP contribution in [0.15, 0.2) is 29.2 Å². The minimum absolute atomic E-state index is 0.113. The number of imide groups is 1. The smallest absolute Gasteiger partial charge is 0.322 e. The summed E-state index contributed by atoms with van der Waals surface area (Å²) in [6, 6.07) is 6.28. The SMILES string of the molecule is CC(C)c1ccc(S(=O)(=O)NC[C@@H]2CCC[C@]23NC(=O)NC3=O)cc1. The van der Waals surface area contributed by atoms with Gasteiger partial charge in [0.15, 0.2) is 0 Å². The van der Waals surface area contributed by atoms with E-state index in [0.29, 0.717) is 18.8 Å². The van der Waals surface area contributed by atoms with Crippen molar-refractivity contribution in [1.29, 1.82) is 0 Å². The Morgan fingerprint density at radius 1 is 1.24 bits per heavy atom. The van der Waals surface area contributed by atoms with Crippen molar-refractivity contribution in [3.63, 3.8) is 0 Å². The van der Waals surface area contributed by atoms with Crippen LogP contribution < -0.4 is 15.4 Å². The summed E-state index contributed by atoms with van der Waals surface area (Å²) >= 11 is 0. The molecule has 3 N–H and O–H groups in total. The molecular weight excluding hydrogens is 342 g/mol. The van der Waals surface area contributed by atoms with E-state index in [-0.39, 0.29) is 23.3 Å². The molecule has 8 heteroatoms. The number of hydrogen-bond donors (Lipinski definition) is 3. The van der Waals surface area contributed by atoms with Gasteiger partial charge in [-0.25, -0.2) is 17.9 Å². The molecule has 1 aliphatic carbocycles. The standard InChI is InChI=1S/C17H23N3O4S/c1-11(2)12-5-7-14(8-6-12)25(23,24)18-10-13-4-3-9-17(13)15(21)19-16(22)20-17/h5-8,11,13,18H,3-4,9-10H2,1-2H3,(H2,19,20,21,22)/t13-,17-/m0/s1. The summed E-state index contributed by atoms with van der Waals surface area (Å²) in [5.41, 5.74) is 0.0835. The highest BCUT2D eigenvalue weighted by Crippen LogP contribution is 2.37. The molecule has 0 aromatic heterocycles. The van der Waals surface area contributed by atoms with Crippen molar-refractivity contribution in [3.8, 4) is 0 Å². The molecule has 1 aromatic rings. The molecule has 7 nitrogen and oxygen atoms in total. The topological polar surface area (TPSA) is 104 Å². The third kappa shape index (κ3) is 3.28. The van der Waals surface area contributed by atoms with Gasteiger partial charge in [-0.05, 0) is 36.5 Å². The summed E-state index contributed by atoms with van der Waals surface area (Å²) in [5.74, 6) is -0.295. The van der Waals surface area contributed by atoms with Gasteiger partial charge in [-0.3, -0.25) is 10.1 Å². The van der Waals surface area contributed by atoms with Gasteiger partial charge in [0, 0.05) is 12.5 Å². The predicted octanol–water partition coefficient (Wildman–Crippen LogP) is 1.47. The first-order chi connectivity index (χ1) is 11.7. The van der Waals surface area contributed by atoms with Crippen LogP contribution in [0.3, 0.4) is 0 Å². The first-order valence-corrected chi connectivity index (χ1v) is 9.96. The lowest BCUT2D eigenvalue weighted by Gasteiger charge is -2.28. The zero-order chi connectivity index (χ0) is 18.2.